The molecule has 0 saturated carbocycles. The Morgan fingerprint density at radius 2 is 2.20 bits per heavy atom. The van der Waals surface area contributed by atoms with Crippen LogP contribution in [0.4, 0.5) is 13.2 Å². The lowest BCUT2D eigenvalue weighted by atomic mass is 10.3. The molecule has 15 heavy (non-hydrogen) atoms. The van der Waals surface area contributed by atoms with Crippen molar-refractivity contribution in [1.82, 2.24) is 10.3 Å². The van der Waals surface area contributed by atoms with E-state index in [1.54, 1.807) is 6.92 Å². The third kappa shape index (κ3) is 3.91. The van der Waals surface area contributed by atoms with Gasteiger partial charge < -0.3 is 9.73 Å². The van der Waals surface area contributed by atoms with Crippen molar-refractivity contribution in [3.63, 3.8) is 0 Å². The van der Waals surface area contributed by atoms with Crippen molar-refractivity contribution in [1.29, 1.82) is 0 Å². The molecule has 86 valence electrons. The van der Waals surface area contributed by atoms with Gasteiger partial charge in [-0.2, -0.15) is 13.2 Å². The summed E-state index contributed by atoms with van der Waals surface area (Å²) < 4.78 is 41.0. The van der Waals surface area contributed by atoms with Crippen molar-refractivity contribution in [3.05, 3.63) is 17.8 Å². The molecule has 0 aliphatic rings. The van der Waals surface area contributed by atoms with E-state index in [2.05, 4.69) is 10.3 Å². The fourth-order valence-corrected chi connectivity index (χ4v) is 1.20. The van der Waals surface area contributed by atoms with Crippen LogP contribution >= 0.6 is 0 Å². The fraction of sp³-hybridized carbons (Fsp3) is 0.667. The Bertz CT molecular complexity index is 309. The number of oxazole rings is 1. The third-order valence-electron chi connectivity index (χ3n) is 1.83. The molecular weight excluding hydrogens is 209 g/mol. The lowest BCUT2D eigenvalue weighted by Crippen LogP contribution is -2.17. The van der Waals surface area contributed by atoms with Crippen LogP contribution in [0, 0.1) is 0 Å². The van der Waals surface area contributed by atoms with Crippen LogP contribution in [0.5, 0.6) is 0 Å². The summed E-state index contributed by atoms with van der Waals surface area (Å²) in [5, 5.41) is 3.00. The summed E-state index contributed by atoms with van der Waals surface area (Å²) in [7, 11) is 0. The lowest BCUT2D eigenvalue weighted by Gasteiger charge is -2.07. The van der Waals surface area contributed by atoms with Crippen LogP contribution in [-0.2, 0) is 6.42 Å². The van der Waals surface area contributed by atoms with Gasteiger partial charge in [0.25, 0.3) is 0 Å². The first kappa shape index (κ1) is 12.0. The van der Waals surface area contributed by atoms with E-state index < -0.39 is 12.6 Å². The maximum atomic E-state index is 12.0. The van der Waals surface area contributed by atoms with Gasteiger partial charge in [0.2, 0.25) is 5.89 Å². The second-order valence-electron chi connectivity index (χ2n) is 3.24. The average molecular weight is 222 g/mol. The number of nitrogens with zero attached hydrogens (tertiary/aromatic N) is 1. The Morgan fingerprint density at radius 1 is 1.53 bits per heavy atom. The molecule has 0 aliphatic carbocycles. The monoisotopic (exact) mass is 222 g/mol. The van der Waals surface area contributed by atoms with Crippen molar-refractivity contribution in [2.24, 2.45) is 0 Å². The summed E-state index contributed by atoms with van der Waals surface area (Å²) in [5.41, 5.74) is 0. The van der Waals surface area contributed by atoms with Gasteiger partial charge >= 0.3 is 6.18 Å². The van der Waals surface area contributed by atoms with Crippen LogP contribution in [0.3, 0.4) is 0 Å². The first-order valence-corrected chi connectivity index (χ1v) is 4.67. The zero-order chi connectivity index (χ0) is 11.5. The van der Waals surface area contributed by atoms with E-state index in [1.165, 1.54) is 0 Å². The first-order chi connectivity index (χ1) is 6.92. The van der Waals surface area contributed by atoms with Gasteiger partial charge in [-0.3, -0.25) is 0 Å². The predicted octanol–water partition coefficient (Wildman–Crippen LogP) is 2.45. The molecule has 1 aromatic heterocycles. The van der Waals surface area contributed by atoms with Gasteiger partial charge in [-0.05, 0) is 13.5 Å². The van der Waals surface area contributed by atoms with Gasteiger partial charge in [-0.25, -0.2) is 4.98 Å². The molecule has 1 unspecified atom stereocenters. The minimum atomic E-state index is -4.25. The minimum Gasteiger partial charge on any atom is -0.444 e. The van der Waals surface area contributed by atoms with Gasteiger partial charge in [0.1, 0.15) is 12.2 Å². The molecule has 0 spiro atoms. The van der Waals surface area contributed by atoms with Gasteiger partial charge in [-0.15, -0.1) is 0 Å². The van der Waals surface area contributed by atoms with E-state index in [4.69, 9.17) is 4.42 Å². The van der Waals surface area contributed by atoms with Crippen molar-refractivity contribution in [2.45, 2.75) is 32.5 Å². The highest BCUT2D eigenvalue weighted by Crippen LogP contribution is 2.22. The van der Waals surface area contributed by atoms with Crippen LogP contribution in [0.2, 0.25) is 0 Å². The molecule has 0 aromatic carbocycles. The molecule has 3 nitrogen and oxygen atoms in total. The molecule has 1 atom stereocenters. The lowest BCUT2D eigenvalue weighted by molar-refractivity contribution is -0.130. The summed E-state index contributed by atoms with van der Waals surface area (Å²) in [4.78, 5) is 3.79. The van der Waals surface area contributed by atoms with Crippen LogP contribution in [0.15, 0.2) is 10.6 Å². The fourth-order valence-electron chi connectivity index (χ4n) is 1.20. The summed E-state index contributed by atoms with van der Waals surface area (Å²) in [6, 6.07) is -0.169. The number of nitrogens with one attached hydrogen (secondary N) is 1. The van der Waals surface area contributed by atoms with E-state index in [0.717, 1.165) is 6.20 Å². The van der Waals surface area contributed by atoms with Crippen LogP contribution in [0.1, 0.15) is 31.5 Å². The minimum absolute atomic E-state index is 0.151. The van der Waals surface area contributed by atoms with E-state index in [9.17, 15) is 13.2 Å². The highest BCUT2D eigenvalue weighted by atomic mass is 19.4. The highest BCUT2D eigenvalue weighted by Gasteiger charge is 2.30. The van der Waals surface area contributed by atoms with Crippen LogP contribution < -0.4 is 5.32 Å². The maximum Gasteiger partial charge on any atom is 0.396 e. The summed E-state index contributed by atoms with van der Waals surface area (Å²) in [6.07, 6.45) is -4.20. The quantitative estimate of drug-likeness (QED) is 0.850. The number of aromatic nitrogens is 1. The number of hydrogen-bond donors (Lipinski definition) is 1. The zero-order valence-electron chi connectivity index (χ0n) is 8.56. The molecule has 1 aromatic rings. The smallest absolute Gasteiger partial charge is 0.396 e. The Morgan fingerprint density at radius 3 is 2.73 bits per heavy atom. The molecule has 0 bridgehead atoms. The number of rotatable bonds is 4. The van der Waals surface area contributed by atoms with Crippen molar-refractivity contribution in [2.75, 3.05) is 6.54 Å². The molecule has 0 saturated heterocycles. The molecule has 0 amide bonds. The topological polar surface area (TPSA) is 38.1 Å². The van der Waals surface area contributed by atoms with Crippen molar-refractivity contribution in [3.8, 4) is 0 Å². The second kappa shape index (κ2) is 4.65. The SMILES string of the molecule is CCNC(C)c1ncc(CC(F)(F)F)o1. The third-order valence-corrected chi connectivity index (χ3v) is 1.83. The van der Waals surface area contributed by atoms with Gasteiger partial charge in [-0.1, -0.05) is 6.92 Å². The van der Waals surface area contributed by atoms with Gasteiger partial charge in [0, 0.05) is 0 Å². The van der Waals surface area contributed by atoms with E-state index in [0.29, 0.717) is 6.54 Å². The number of halogens is 3. The molecule has 1 heterocycles. The van der Waals surface area contributed by atoms with E-state index >= 15 is 0 Å². The molecule has 1 N–H and O–H groups in total. The van der Waals surface area contributed by atoms with Crippen LogP contribution in [-0.4, -0.2) is 17.7 Å². The first-order valence-electron chi connectivity index (χ1n) is 4.67. The van der Waals surface area contributed by atoms with Gasteiger partial charge in [0.15, 0.2) is 0 Å². The Kier molecular flexibility index (Phi) is 3.73. The molecule has 0 aliphatic heterocycles. The zero-order valence-corrected chi connectivity index (χ0v) is 8.56. The summed E-state index contributed by atoms with van der Waals surface area (Å²) in [6.45, 7) is 4.39. The molecule has 1 rings (SSSR count). The number of hydrogen-bond acceptors (Lipinski definition) is 3. The average Bonchev–Trinajstić information content (AvgIpc) is 2.50. The molecule has 0 fully saturated rings. The Balaban J connectivity index is 2.64. The van der Waals surface area contributed by atoms with E-state index in [-0.39, 0.29) is 17.7 Å². The standard InChI is InChI=1S/C9H13F3N2O/c1-3-13-6(2)8-14-5-7(15-8)4-9(10,11)12/h5-6,13H,3-4H2,1-2H3. The molecule has 0 radical (unpaired) electrons. The normalized spacial score (nSPS) is 14.2. The summed E-state index contributed by atoms with van der Waals surface area (Å²) >= 11 is 0. The van der Waals surface area contributed by atoms with Crippen LogP contribution in [0.25, 0.3) is 0 Å². The van der Waals surface area contributed by atoms with Crippen molar-refractivity contribution >= 4 is 0 Å². The van der Waals surface area contributed by atoms with Gasteiger partial charge in [0.05, 0.1) is 12.2 Å². The Hall–Kier alpha value is -1.04. The summed E-state index contributed by atoms with van der Waals surface area (Å²) in [5.74, 6) is 0.137. The maximum absolute atomic E-state index is 12.0. The van der Waals surface area contributed by atoms with Crippen molar-refractivity contribution < 1.29 is 17.6 Å². The predicted molar refractivity (Wildman–Crippen MR) is 48.4 cm³/mol. The largest absolute Gasteiger partial charge is 0.444 e. The molecule has 6 heteroatoms. The number of alkyl halides is 3. The highest BCUT2D eigenvalue weighted by molar-refractivity contribution is 4.98. The Labute approximate surface area is 85.7 Å². The molecular formula is C9H13F3N2O. The van der Waals surface area contributed by atoms with E-state index in [1.807, 2.05) is 6.92 Å². The second-order valence-corrected chi connectivity index (χ2v) is 3.24.